The Hall–Kier alpha value is -2.42. The predicted octanol–water partition coefficient (Wildman–Crippen LogP) is 4.38. The van der Waals surface area contributed by atoms with E-state index in [1.54, 1.807) is 14.2 Å². The monoisotopic (exact) mass is 309 g/mol. The molecule has 3 nitrogen and oxygen atoms in total. The maximum absolute atomic E-state index is 5.50. The standard InChI is InChI=1S/C20H23NO2/c1-4-8-18-17-14-20(23-3)19(22-2)13-15(17)11-12-21(18)16-9-6-5-7-10-16/h4-7,9-10,13-14,18H,1,8,11-12H2,2-3H3. The number of para-hydroxylation sites is 1. The molecule has 0 fully saturated rings. The first-order valence-corrected chi connectivity index (χ1v) is 7.96. The van der Waals surface area contributed by atoms with E-state index in [1.165, 1.54) is 16.8 Å². The van der Waals surface area contributed by atoms with Crippen LogP contribution in [0, 0.1) is 0 Å². The zero-order valence-electron chi connectivity index (χ0n) is 13.8. The summed E-state index contributed by atoms with van der Waals surface area (Å²) in [5.74, 6) is 1.59. The van der Waals surface area contributed by atoms with Gasteiger partial charge in [0, 0.05) is 12.2 Å². The molecule has 0 saturated heterocycles. The second-order valence-corrected chi connectivity index (χ2v) is 5.73. The SMILES string of the molecule is C=CCC1c2cc(OC)c(OC)cc2CCN1c1ccccc1. The van der Waals surface area contributed by atoms with Crippen molar-refractivity contribution in [3.63, 3.8) is 0 Å². The number of hydrogen-bond acceptors (Lipinski definition) is 3. The molecule has 0 amide bonds. The molecule has 3 rings (SSSR count). The van der Waals surface area contributed by atoms with Crippen molar-refractivity contribution in [2.24, 2.45) is 0 Å². The average Bonchev–Trinajstić information content (AvgIpc) is 2.61. The Balaban J connectivity index is 2.06. The molecule has 0 saturated carbocycles. The third kappa shape index (κ3) is 2.91. The van der Waals surface area contributed by atoms with Crippen LogP contribution in [0.3, 0.4) is 0 Å². The lowest BCUT2D eigenvalue weighted by molar-refractivity contribution is 0.353. The predicted molar refractivity (Wildman–Crippen MR) is 94.6 cm³/mol. The minimum Gasteiger partial charge on any atom is -0.493 e. The molecule has 0 bridgehead atoms. The molecule has 2 aromatic rings. The van der Waals surface area contributed by atoms with E-state index >= 15 is 0 Å². The highest BCUT2D eigenvalue weighted by atomic mass is 16.5. The lowest BCUT2D eigenvalue weighted by Gasteiger charge is -2.39. The normalized spacial score (nSPS) is 16.6. The van der Waals surface area contributed by atoms with Gasteiger partial charge in [0.25, 0.3) is 0 Å². The highest BCUT2D eigenvalue weighted by Gasteiger charge is 2.28. The molecule has 1 aliphatic heterocycles. The first-order chi connectivity index (χ1) is 11.3. The van der Waals surface area contributed by atoms with Gasteiger partial charge >= 0.3 is 0 Å². The molecule has 0 radical (unpaired) electrons. The number of methoxy groups -OCH3 is 2. The molecule has 23 heavy (non-hydrogen) atoms. The fourth-order valence-electron chi connectivity index (χ4n) is 3.37. The summed E-state index contributed by atoms with van der Waals surface area (Å²) in [7, 11) is 3.37. The van der Waals surface area contributed by atoms with E-state index in [9.17, 15) is 0 Å². The van der Waals surface area contributed by atoms with Crippen molar-refractivity contribution in [1.29, 1.82) is 0 Å². The first kappa shape index (κ1) is 15.5. The van der Waals surface area contributed by atoms with Gasteiger partial charge in [-0.2, -0.15) is 0 Å². The van der Waals surface area contributed by atoms with Crippen molar-refractivity contribution >= 4 is 5.69 Å². The summed E-state index contributed by atoms with van der Waals surface area (Å²) in [4.78, 5) is 2.45. The Morgan fingerprint density at radius 3 is 2.48 bits per heavy atom. The van der Waals surface area contributed by atoms with Crippen LogP contribution in [0.2, 0.25) is 0 Å². The van der Waals surface area contributed by atoms with Crippen LogP contribution in [-0.2, 0) is 6.42 Å². The van der Waals surface area contributed by atoms with Gasteiger partial charge in [-0.1, -0.05) is 24.3 Å². The average molecular weight is 309 g/mol. The van der Waals surface area contributed by atoms with E-state index < -0.39 is 0 Å². The zero-order valence-corrected chi connectivity index (χ0v) is 13.8. The van der Waals surface area contributed by atoms with E-state index in [0.717, 1.165) is 30.9 Å². The van der Waals surface area contributed by atoms with Gasteiger partial charge < -0.3 is 14.4 Å². The van der Waals surface area contributed by atoms with Gasteiger partial charge in [0.15, 0.2) is 11.5 Å². The summed E-state index contributed by atoms with van der Waals surface area (Å²) in [6.07, 6.45) is 3.89. The second kappa shape index (κ2) is 6.78. The van der Waals surface area contributed by atoms with Gasteiger partial charge in [0.05, 0.1) is 20.3 Å². The Morgan fingerprint density at radius 2 is 1.83 bits per heavy atom. The molecule has 0 aliphatic carbocycles. The summed E-state index contributed by atoms with van der Waals surface area (Å²) in [5.41, 5.74) is 3.89. The summed E-state index contributed by atoms with van der Waals surface area (Å²) >= 11 is 0. The number of nitrogens with zero attached hydrogens (tertiary/aromatic N) is 1. The van der Waals surface area contributed by atoms with Crippen molar-refractivity contribution in [3.05, 3.63) is 66.2 Å². The molecular weight excluding hydrogens is 286 g/mol. The summed E-state index contributed by atoms with van der Waals surface area (Å²) < 4.78 is 11.0. The molecule has 2 aromatic carbocycles. The van der Waals surface area contributed by atoms with Gasteiger partial charge in [-0.05, 0) is 48.2 Å². The lowest BCUT2D eigenvalue weighted by Crippen LogP contribution is -2.35. The topological polar surface area (TPSA) is 21.7 Å². The van der Waals surface area contributed by atoms with E-state index in [1.807, 2.05) is 6.08 Å². The third-order valence-corrected chi connectivity index (χ3v) is 4.48. The Labute approximate surface area is 138 Å². The van der Waals surface area contributed by atoms with Gasteiger partial charge in [0.2, 0.25) is 0 Å². The number of anilines is 1. The second-order valence-electron chi connectivity index (χ2n) is 5.73. The molecule has 1 atom stereocenters. The number of benzene rings is 2. The highest BCUT2D eigenvalue weighted by Crippen LogP contribution is 2.41. The minimum atomic E-state index is 0.276. The highest BCUT2D eigenvalue weighted by molar-refractivity contribution is 5.56. The quantitative estimate of drug-likeness (QED) is 0.765. The fraction of sp³-hybridized carbons (Fsp3) is 0.300. The Bertz CT molecular complexity index is 682. The maximum Gasteiger partial charge on any atom is 0.161 e. The van der Waals surface area contributed by atoms with E-state index in [0.29, 0.717) is 0 Å². The van der Waals surface area contributed by atoms with Crippen LogP contribution < -0.4 is 14.4 Å². The third-order valence-electron chi connectivity index (χ3n) is 4.48. The number of fused-ring (bicyclic) bond motifs is 1. The fourth-order valence-corrected chi connectivity index (χ4v) is 3.37. The van der Waals surface area contributed by atoms with Crippen LogP contribution in [-0.4, -0.2) is 20.8 Å². The van der Waals surface area contributed by atoms with Crippen molar-refractivity contribution in [2.75, 3.05) is 25.7 Å². The molecular formula is C20H23NO2. The van der Waals surface area contributed by atoms with E-state index in [-0.39, 0.29) is 6.04 Å². The lowest BCUT2D eigenvalue weighted by atomic mass is 9.89. The number of rotatable bonds is 5. The van der Waals surface area contributed by atoms with Crippen LogP contribution >= 0.6 is 0 Å². The van der Waals surface area contributed by atoms with Crippen LogP contribution in [0.15, 0.2) is 55.1 Å². The smallest absolute Gasteiger partial charge is 0.161 e. The first-order valence-electron chi connectivity index (χ1n) is 7.96. The molecule has 1 heterocycles. The number of hydrogen-bond donors (Lipinski definition) is 0. The van der Waals surface area contributed by atoms with Crippen LogP contribution in [0.5, 0.6) is 11.5 Å². The summed E-state index contributed by atoms with van der Waals surface area (Å²) in [5, 5.41) is 0. The van der Waals surface area contributed by atoms with E-state index in [2.05, 4.69) is 53.9 Å². The van der Waals surface area contributed by atoms with E-state index in [4.69, 9.17) is 9.47 Å². The molecule has 3 heteroatoms. The summed E-state index contributed by atoms with van der Waals surface area (Å²) in [6, 6.07) is 15.1. The van der Waals surface area contributed by atoms with Crippen LogP contribution in [0.4, 0.5) is 5.69 Å². The maximum atomic E-state index is 5.50. The molecule has 1 aliphatic rings. The molecule has 1 unspecified atom stereocenters. The van der Waals surface area contributed by atoms with Gasteiger partial charge in [0.1, 0.15) is 0 Å². The summed E-state index contributed by atoms with van der Waals surface area (Å²) in [6.45, 7) is 4.94. The molecule has 120 valence electrons. The van der Waals surface area contributed by atoms with Gasteiger partial charge in [-0.25, -0.2) is 0 Å². The Morgan fingerprint density at radius 1 is 1.13 bits per heavy atom. The molecule has 0 aromatic heterocycles. The van der Waals surface area contributed by atoms with Crippen LogP contribution in [0.1, 0.15) is 23.6 Å². The number of ether oxygens (including phenoxy) is 2. The minimum absolute atomic E-state index is 0.276. The Kier molecular flexibility index (Phi) is 4.56. The largest absolute Gasteiger partial charge is 0.493 e. The van der Waals surface area contributed by atoms with Crippen molar-refractivity contribution in [3.8, 4) is 11.5 Å². The van der Waals surface area contributed by atoms with Crippen molar-refractivity contribution in [2.45, 2.75) is 18.9 Å². The van der Waals surface area contributed by atoms with Gasteiger partial charge in [-0.3, -0.25) is 0 Å². The molecule has 0 spiro atoms. The van der Waals surface area contributed by atoms with Crippen LogP contribution in [0.25, 0.3) is 0 Å². The zero-order chi connectivity index (χ0) is 16.2. The molecule has 0 N–H and O–H groups in total. The van der Waals surface area contributed by atoms with Crippen molar-refractivity contribution in [1.82, 2.24) is 0 Å². The van der Waals surface area contributed by atoms with Gasteiger partial charge in [-0.15, -0.1) is 6.58 Å². The van der Waals surface area contributed by atoms with Crippen molar-refractivity contribution < 1.29 is 9.47 Å².